The number of halogens is 2. The maximum absolute atomic E-state index is 12.7. The van der Waals surface area contributed by atoms with E-state index in [-0.39, 0.29) is 17.7 Å². The number of nitrogens with zero attached hydrogens (tertiary/aromatic N) is 1. The van der Waals surface area contributed by atoms with Crippen LogP contribution >= 0.6 is 43.6 Å². The molecule has 0 aliphatic carbocycles. The van der Waals surface area contributed by atoms with Crippen molar-refractivity contribution in [3.63, 3.8) is 0 Å². The van der Waals surface area contributed by atoms with Gasteiger partial charge < -0.3 is 4.74 Å². The van der Waals surface area contributed by atoms with Crippen molar-refractivity contribution in [2.45, 2.75) is 20.4 Å². The van der Waals surface area contributed by atoms with Gasteiger partial charge in [0, 0.05) is 0 Å². The molecule has 0 bridgehead atoms. The predicted octanol–water partition coefficient (Wildman–Crippen LogP) is 6.16. The largest absolute Gasteiger partial charge is 0.492 e. The summed E-state index contributed by atoms with van der Waals surface area (Å²) in [7, 11) is 0. The Labute approximate surface area is 179 Å². The van der Waals surface area contributed by atoms with E-state index >= 15 is 0 Å². The molecule has 2 aromatic carbocycles. The van der Waals surface area contributed by atoms with Gasteiger partial charge in [-0.05, 0) is 86.8 Å². The molecule has 0 aromatic heterocycles. The summed E-state index contributed by atoms with van der Waals surface area (Å²) >= 11 is 7.93. The fourth-order valence-electron chi connectivity index (χ4n) is 2.73. The maximum atomic E-state index is 12.7. The van der Waals surface area contributed by atoms with E-state index in [4.69, 9.17) is 4.74 Å². The molecule has 0 spiro atoms. The van der Waals surface area contributed by atoms with Crippen molar-refractivity contribution in [1.29, 1.82) is 0 Å². The zero-order valence-electron chi connectivity index (χ0n) is 14.8. The van der Waals surface area contributed by atoms with Gasteiger partial charge in [0.25, 0.3) is 11.1 Å². The van der Waals surface area contributed by atoms with E-state index in [1.165, 1.54) is 4.90 Å². The van der Waals surface area contributed by atoms with Crippen molar-refractivity contribution >= 4 is 60.8 Å². The molecule has 2 amide bonds. The van der Waals surface area contributed by atoms with Crippen LogP contribution in [0.15, 0.2) is 50.2 Å². The van der Waals surface area contributed by atoms with Gasteiger partial charge in [0.15, 0.2) is 0 Å². The molecule has 1 aliphatic rings. The molecule has 1 aliphatic heterocycles. The first-order valence-corrected chi connectivity index (χ1v) is 10.7. The molecular weight excluding hydrogens is 494 g/mol. The Morgan fingerprint density at radius 2 is 1.85 bits per heavy atom. The summed E-state index contributed by atoms with van der Waals surface area (Å²) in [6.45, 7) is 4.73. The quantitative estimate of drug-likeness (QED) is 0.452. The Balaban J connectivity index is 1.84. The molecule has 0 atom stereocenters. The highest BCUT2D eigenvalue weighted by atomic mass is 79.9. The number of ether oxygens (including phenoxy) is 1. The van der Waals surface area contributed by atoms with E-state index in [9.17, 15) is 9.59 Å². The van der Waals surface area contributed by atoms with Crippen molar-refractivity contribution < 1.29 is 14.3 Å². The van der Waals surface area contributed by atoms with Crippen LogP contribution in [0.2, 0.25) is 0 Å². The maximum Gasteiger partial charge on any atom is 0.293 e. The number of carbonyl (C=O) groups is 2. The number of thioether (sulfide) groups is 1. The van der Waals surface area contributed by atoms with Crippen molar-refractivity contribution in [1.82, 2.24) is 4.90 Å². The first-order valence-electron chi connectivity index (χ1n) is 8.31. The number of benzene rings is 2. The van der Waals surface area contributed by atoms with Gasteiger partial charge in [-0.15, -0.1) is 0 Å². The summed E-state index contributed by atoms with van der Waals surface area (Å²) < 4.78 is 7.14. The Morgan fingerprint density at radius 3 is 2.48 bits per heavy atom. The lowest BCUT2D eigenvalue weighted by molar-refractivity contribution is -0.123. The summed E-state index contributed by atoms with van der Waals surface area (Å²) in [5, 5.41) is -0.253. The van der Waals surface area contributed by atoms with Crippen LogP contribution in [0.4, 0.5) is 4.79 Å². The van der Waals surface area contributed by atoms with Crippen molar-refractivity contribution in [2.75, 3.05) is 6.61 Å². The second-order valence-corrected chi connectivity index (χ2v) is 8.71. The average molecular weight is 511 g/mol. The zero-order chi connectivity index (χ0) is 19.6. The SMILES string of the molecule is CCOc1c(Br)cc(/C=C2\SC(=O)N(Cc3cccc(C)c3)C2=O)cc1Br. The normalized spacial score (nSPS) is 15.7. The lowest BCUT2D eigenvalue weighted by atomic mass is 10.1. The molecule has 7 heteroatoms. The minimum absolute atomic E-state index is 0.253. The first-order chi connectivity index (χ1) is 12.9. The summed E-state index contributed by atoms with van der Waals surface area (Å²) in [6.07, 6.45) is 1.73. The molecule has 140 valence electrons. The highest BCUT2D eigenvalue weighted by Crippen LogP contribution is 2.38. The third kappa shape index (κ3) is 4.65. The van der Waals surface area contributed by atoms with E-state index in [0.29, 0.717) is 17.3 Å². The topological polar surface area (TPSA) is 46.6 Å². The molecule has 0 unspecified atom stereocenters. The van der Waals surface area contributed by atoms with Gasteiger partial charge in [-0.25, -0.2) is 0 Å². The third-order valence-electron chi connectivity index (χ3n) is 3.90. The van der Waals surface area contributed by atoms with Gasteiger partial charge in [-0.2, -0.15) is 0 Å². The number of carbonyl (C=O) groups excluding carboxylic acids is 2. The first kappa shape index (κ1) is 20.2. The van der Waals surface area contributed by atoms with Crippen LogP contribution < -0.4 is 4.74 Å². The van der Waals surface area contributed by atoms with Crippen LogP contribution in [0.25, 0.3) is 6.08 Å². The Hall–Kier alpha value is -1.57. The third-order valence-corrected chi connectivity index (χ3v) is 5.99. The molecular formula is C20H17Br2NO3S. The minimum atomic E-state index is -0.271. The summed E-state index contributed by atoms with van der Waals surface area (Å²) in [5.74, 6) is 0.440. The van der Waals surface area contributed by atoms with E-state index in [0.717, 1.165) is 37.4 Å². The molecule has 4 nitrogen and oxygen atoms in total. The molecule has 1 fully saturated rings. The summed E-state index contributed by atoms with van der Waals surface area (Å²) in [5.41, 5.74) is 2.84. The van der Waals surface area contributed by atoms with Crippen molar-refractivity contribution in [3.05, 3.63) is 66.9 Å². The summed E-state index contributed by atoms with van der Waals surface area (Å²) in [4.78, 5) is 26.7. The number of hydrogen-bond donors (Lipinski definition) is 0. The molecule has 1 saturated heterocycles. The van der Waals surface area contributed by atoms with Gasteiger partial charge in [0.05, 0.1) is 27.0 Å². The average Bonchev–Trinajstić information content (AvgIpc) is 2.86. The van der Waals surface area contributed by atoms with Gasteiger partial charge in [-0.3, -0.25) is 14.5 Å². The van der Waals surface area contributed by atoms with Gasteiger partial charge in [0.2, 0.25) is 0 Å². The second-order valence-electron chi connectivity index (χ2n) is 6.00. The van der Waals surface area contributed by atoms with E-state index in [1.807, 2.05) is 50.2 Å². The van der Waals surface area contributed by atoms with Crippen LogP contribution in [0.3, 0.4) is 0 Å². The Morgan fingerprint density at radius 1 is 1.15 bits per heavy atom. The number of rotatable bonds is 5. The fraction of sp³-hybridized carbons (Fsp3) is 0.200. The van der Waals surface area contributed by atoms with Crippen LogP contribution in [-0.4, -0.2) is 22.7 Å². The number of hydrogen-bond acceptors (Lipinski definition) is 4. The minimum Gasteiger partial charge on any atom is -0.492 e. The molecule has 1 heterocycles. The van der Waals surface area contributed by atoms with Crippen LogP contribution in [0.5, 0.6) is 5.75 Å². The molecule has 0 saturated carbocycles. The van der Waals surface area contributed by atoms with Crippen molar-refractivity contribution in [2.24, 2.45) is 0 Å². The molecule has 3 rings (SSSR count). The monoisotopic (exact) mass is 509 g/mol. The number of imide groups is 1. The molecule has 2 aromatic rings. The number of amides is 2. The zero-order valence-corrected chi connectivity index (χ0v) is 18.8. The Kier molecular flexibility index (Phi) is 6.44. The van der Waals surface area contributed by atoms with Gasteiger partial charge >= 0.3 is 0 Å². The van der Waals surface area contributed by atoms with E-state index in [2.05, 4.69) is 31.9 Å². The van der Waals surface area contributed by atoms with E-state index < -0.39 is 0 Å². The number of aryl methyl sites for hydroxylation is 1. The fourth-order valence-corrected chi connectivity index (χ4v) is 5.01. The molecule has 0 N–H and O–H groups in total. The smallest absolute Gasteiger partial charge is 0.293 e. The summed E-state index contributed by atoms with van der Waals surface area (Å²) in [6, 6.07) is 11.5. The van der Waals surface area contributed by atoms with Crippen LogP contribution in [0.1, 0.15) is 23.6 Å². The van der Waals surface area contributed by atoms with Gasteiger partial charge in [0.1, 0.15) is 5.75 Å². The van der Waals surface area contributed by atoms with E-state index in [1.54, 1.807) is 6.08 Å². The lowest BCUT2D eigenvalue weighted by Crippen LogP contribution is -2.27. The lowest BCUT2D eigenvalue weighted by Gasteiger charge is -2.13. The highest BCUT2D eigenvalue weighted by Gasteiger charge is 2.35. The molecule has 27 heavy (non-hydrogen) atoms. The standard InChI is InChI=1S/C20H17Br2NO3S/c1-3-26-18-15(21)8-14(9-16(18)22)10-17-19(24)23(20(25)27-17)11-13-6-4-5-12(2)7-13/h4-10H,3,11H2,1-2H3/b17-10-. The van der Waals surface area contributed by atoms with Gasteiger partial charge in [-0.1, -0.05) is 29.8 Å². The predicted molar refractivity (Wildman–Crippen MR) is 116 cm³/mol. The second kappa shape index (κ2) is 8.63. The van der Waals surface area contributed by atoms with Crippen molar-refractivity contribution in [3.8, 4) is 5.75 Å². The highest BCUT2D eigenvalue weighted by molar-refractivity contribution is 9.11. The Bertz CT molecular complexity index is 920. The van der Waals surface area contributed by atoms with Crippen LogP contribution in [0, 0.1) is 6.92 Å². The van der Waals surface area contributed by atoms with Crippen LogP contribution in [-0.2, 0) is 11.3 Å². The molecule has 0 radical (unpaired) electrons.